The quantitative estimate of drug-likeness (QED) is 0.841. The van der Waals surface area contributed by atoms with Crippen molar-refractivity contribution in [3.8, 4) is 5.75 Å². The number of ether oxygens (including phenoxy) is 1. The van der Waals surface area contributed by atoms with Crippen LogP contribution in [0.4, 0.5) is 5.69 Å². The molecule has 0 spiro atoms. The van der Waals surface area contributed by atoms with E-state index < -0.39 is 0 Å². The first kappa shape index (κ1) is 13.9. The number of anilines is 1. The molecule has 0 saturated carbocycles. The maximum Gasteiger partial charge on any atom is 0.272 e. The average molecular weight is 272 g/mol. The fourth-order valence-corrected chi connectivity index (χ4v) is 1.84. The number of Topliss-reactive ketones (excluding diaryl/α,β-unsaturated/α-hetero) is 1. The number of ketones is 1. The number of aromatic nitrogens is 1. The fourth-order valence-electron chi connectivity index (χ4n) is 1.84. The van der Waals surface area contributed by atoms with E-state index >= 15 is 0 Å². The third kappa shape index (κ3) is 2.88. The predicted octanol–water partition coefficient (Wildman–Crippen LogP) is 2.79. The van der Waals surface area contributed by atoms with Gasteiger partial charge in [-0.3, -0.25) is 9.59 Å². The highest BCUT2D eigenvalue weighted by atomic mass is 16.5. The van der Waals surface area contributed by atoms with Gasteiger partial charge < -0.3 is 15.0 Å². The zero-order valence-corrected chi connectivity index (χ0v) is 11.6. The first-order chi connectivity index (χ1) is 9.51. The number of hydrogen-bond donors (Lipinski definition) is 2. The molecule has 0 radical (unpaired) electrons. The molecule has 5 nitrogen and oxygen atoms in total. The number of rotatable bonds is 4. The Labute approximate surface area is 117 Å². The molecule has 0 atom stereocenters. The second-order valence-electron chi connectivity index (χ2n) is 4.52. The van der Waals surface area contributed by atoms with Crippen LogP contribution in [0.2, 0.25) is 0 Å². The van der Waals surface area contributed by atoms with Crippen LogP contribution in [0.25, 0.3) is 0 Å². The Balaban J connectivity index is 2.22. The van der Waals surface area contributed by atoms with Crippen molar-refractivity contribution in [3.63, 3.8) is 0 Å². The van der Waals surface area contributed by atoms with Gasteiger partial charge in [-0.2, -0.15) is 0 Å². The number of aromatic amines is 1. The van der Waals surface area contributed by atoms with Gasteiger partial charge in [0.25, 0.3) is 5.91 Å². The van der Waals surface area contributed by atoms with E-state index in [1.54, 1.807) is 13.2 Å². The molecule has 0 unspecified atom stereocenters. The van der Waals surface area contributed by atoms with E-state index in [9.17, 15) is 9.59 Å². The number of carbonyl (C=O) groups excluding carboxylic acids is 2. The van der Waals surface area contributed by atoms with Gasteiger partial charge in [-0.25, -0.2) is 0 Å². The first-order valence-corrected chi connectivity index (χ1v) is 6.16. The Morgan fingerprint density at radius 3 is 2.60 bits per heavy atom. The second kappa shape index (κ2) is 5.61. The van der Waals surface area contributed by atoms with E-state index in [1.807, 2.05) is 19.1 Å². The van der Waals surface area contributed by atoms with Gasteiger partial charge in [-0.1, -0.05) is 6.07 Å². The molecule has 2 N–H and O–H groups in total. The lowest BCUT2D eigenvalue weighted by Gasteiger charge is -2.10. The van der Waals surface area contributed by atoms with Gasteiger partial charge in [0.15, 0.2) is 5.78 Å². The molecule has 0 aliphatic rings. The molecule has 0 aliphatic heterocycles. The molecular formula is C15H16N2O3. The largest absolute Gasteiger partial charge is 0.495 e. The Hall–Kier alpha value is -2.56. The van der Waals surface area contributed by atoms with Crippen molar-refractivity contribution in [3.05, 3.63) is 47.3 Å². The maximum atomic E-state index is 12.1. The van der Waals surface area contributed by atoms with Crippen LogP contribution in [0.1, 0.15) is 33.3 Å². The van der Waals surface area contributed by atoms with Gasteiger partial charge in [0.05, 0.1) is 12.8 Å². The molecule has 0 aliphatic carbocycles. The summed E-state index contributed by atoms with van der Waals surface area (Å²) in [5, 5.41) is 2.76. The predicted molar refractivity (Wildman–Crippen MR) is 76.5 cm³/mol. The molecule has 2 aromatic rings. The molecule has 0 bridgehead atoms. The minimum Gasteiger partial charge on any atom is -0.495 e. The van der Waals surface area contributed by atoms with Crippen LogP contribution in [0.3, 0.4) is 0 Å². The van der Waals surface area contributed by atoms with E-state index in [1.165, 1.54) is 19.2 Å². The third-order valence-electron chi connectivity index (χ3n) is 2.94. The van der Waals surface area contributed by atoms with Gasteiger partial charge in [-0.15, -0.1) is 0 Å². The van der Waals surface area contributed by atoms with Crippen LogP contribution in [-0.4, -0.2) is 23.8 Å². The normalized spacial score (nSPS) is 10.2. The highest BCUT2D eigenvalue weighted by Gasteiger charge is 2.13. The molecule has 5 heteroatoms. The van der Waals surface area contributed by atoms with E-state index in [0.29, 0.717) is 22.7 Å². The summed E-state index contributed by atoms with van der Waals surface area (Å²) in [5.41, 5.74) is 2.42. The van der Waals surface area contributed by atoms with E-state index in [4.69, 9.17) is 4.74 Å². The first-order valence-electron chi connectivity index (χ1n) is 6.16. The minimum atomic E-state index is -0.318. The third-order valence-corrected chi connectivity index (χ3v) is 2.94. The zero-order valence-electron chi connectivity index (χ0n) is 11.6. The van der Waals surface area contributed by atoms with Crippen molar-refractivity contribution in [1.29, 1.82) is 0 Å². The summed E-state index contributed by atoms with van der Waals surface area (Å²) >= 11 is 0. The average Bonchev–Trinajstić information content (AvgIpc) is 2.89. The number of benzene rings is 1. The van der Waals surface area contributed by atoms with Crippen molar-refractivity contribution in [2.75, 3.05) is 12.4 Å². The summed E-state index contributed by atoms with van der Waals surface area (Å²) in [6, 6.07) is 7.04. The van der Waals surface area contributed by atoms with Crippen LogP contribution in [0.15, 0.2) is 30.5 Å². The monoisotopic (exact) mass is 272 g/mol. The van der Waals surface area contributed by atoms with Gasteiger partial charge >= 0.3 is 0 Å². The number of nitrogens with one attached hydrogen (secondary N) is 2. The van der Waals surface area contributed by atoms with Crippen LogP contribution >= 0.6 is 0 Å². The highest BCUT2D eigenvalue weighted by molar-refractivity contribution is 6.05. The SMILES string of the molecule is COc1ccc(C)cc1NC(=O)c1cc(C(C)=O)c[nH]1. The Bertz CT molecular complexity index is 659. The van der Waals surface area contributed by atoms with Crippen LogP contribution in [-0.2, 0) is 0 Å². The van der Waals surface area contributed by atoms with Crippen molar-refractivity contribution < 1.29 is 14.3 Å². The van der Waals surface area contributed by atoms with Crippen LogP contribution in [0, 0.1) is 6.92 Å². The van der Waals surface area contributed by atoms with Gasteiger partial charge in [0.1, 0.15) is 11.4 Å². The Morgan fingerprint density at radius 2 is 2.00 bits per heavy atom. The molecule has 0 fully saturated rings. The molecule has 20 heavy (non-hydrogen) atoms. The lowest BCUT2D eigenvalue weighted by Crippen LogP contribution is -2.13. The highest BCUT2D eigenvalue weighted by Crippen LogP contribution is 2.25. The standard InChI is InChI=1S/C15H16N2O3/c1-9-4-5-14(20-3)12(6-9)17-15(19)13-7-11(8-16-13)10(2)18/h4-8,16H,1-3H3,(H,17,19). The lowest BCUT2D eigenvalue weighted by molar-refractivity contribution is 0.101. The van der Waals surface area contributed by atoms with Crippen molar-refractivity contribution in [2.24, 2.45) is 0 Å². The lowest BCUT2D eigenvalue weighted by atomic mass is 10.2. The summed E-state index contributed by atoms with van der Waals surface area (Å²) in [6.07, 6.45) is 1.52. The number of amides is 1. The smallest absolute Gasteiger partial charge is 0.272 e. The zero-order chi connectivity index (χ0) is 14.7. The topological polar surface area (TPSA) is 71.2 Å². The molecule has 1 aromatic carbocycles. The summed E-state index contributed by atoms with van der Waals surface area (Å²) in [4.78, 5) is 26.1. The van der Waals surface area contributed by atoms with Crippen LogP contribution in [0.5, 0.6) is 5.75 Å². The van der Waals surface area contributed by atoms with E-state index in [-0.39, 0.29) is 11.7 Å². The Morgan fingerprint density at radius 1 is 1.25 bits per heavy atom. The van der Waals surface area contributed by atoms with Gasteiger partial charge in [0, 0.05) is 11.8 Å². The number of methoxy groups -OCH3 is 1. The molecule has 2 rings (SSSR count). The van der Waals surface area contributed by atoms with Crippen molar-refractivity contribution in [2.45, 2.75) is 13.8 Å². The number of H-pyrrole nitrogens is 1. The number of carbonyl (C=O) groups is 2. The number of hydrogen-bond acceptors (Lipinski definition) is 3. The van der Waals surface area contributed by atoms with E-state index in [2.05, 4.69) is 10.3 Å². The summed E-state index contributed by atoms with van der Waals surface area (Å²) in [5.74, 6) is 0.178. The molecule has 0 saturated heterocycles. The van der Waals surface area contributed by atoms with E-state index in [0.717, 1.165) is 5.56 Å². The molecule has 1 aromatic heterocycles. The molecular weight excluding hydrogens is 256 g/mol. The number of aryl methyl sites for hydroxylation is 1. The fraction of sp³-hybridized carbons (Fsp3) is 0.200. The molecule has 104 valence electrons. The minimum absolute atomic E-state index is 0.0894. The summed E-state index contributed by atoms with van der Waals surface area (Å²) in [7, 11) is 1.54. The van der Waals surface area contributed by atoms with Crippen LogP contribution < -0.4 is 10.1 Å². The van der Waals surface area contributed by atoms with Gasteiger partial charge in [0.2, 0.25) is 0 Å². The summed E-state index contributed by atoms with van der Waals surface area (Å²) < 4.78 is 5.20. The second-order valence-corrected chi connectivity index (χ2v) is 4.52. The Kier molecular flexibility index (Phi) is 3.89. The molecule has 1 heterocycles. The van der Waals surface area contributed by atoms with Crippen molar-refractivity contribution in [1.82, 2.24) is 4.98 Å². The maximum absolute atomic E-state index is 12.1. The van der Waals surface area contributed by atoms with Crippen molar-refractivity contribution >= 4 is 17.4 Å². The van der Waals surface area contributed by atoms with Gasteiger partial charge in [-0.05, 0) is 37.6 Å². The summed E-state index contributed by atoms with van der Waals surface area (Å²) in [6.45, 7) is 3.38. The molecule has 1 amide bonds.